The Morgan fingerprint density at radius 3 is 2.88 bits per heavy atom. The topological polar surface area (TPSA) is 68.1 Å². The summed E-state index contributed by atoms with van der Waals surface area (Å²) in [7, 11) is 1.98. The maximum absolute atomic E-state index is 5.39. The zero-order valence-corrected chi connectivity index (χ0v) is 15.6. The molecule has 0 aromatic carbocycles. The highest BCUT2D eigenvalue weighted by atomic mass is 32.1. The SMILES string of the molecule is Cn1ccnc1-c1cnc(NCCN2CCOCC2)nc1-c1cccs1. The maximum atomic E-state index is 5.39. The molecule has 8 heteroatoms. The molecule has 0 amide bonds. The van der Waals surface area contributed by atoms with Gasteiger partial charge in [0.15, 0.2) is 0 Å². The van der Waals surface area contributed by atoms with Crippen molar-refractivity contribution < 1.29 is 4.74 Å². The molecule has 0 spiro atoms. The van der Waals surface area contributed by atoms with Crippen molar-refractivity contribution in [1.82, 2.24) is 24.4 Å². The van der Waals surface area contributed by atoms with Crippen LogP contribution in [0, 0.1) is 0 Å². The molecule has 0 bridgehead atoms. The van der Waals surface area contributed by atoms with E-state index in [0.29, 0.717) is 5.95 Å². The molecular weight excluding hydrogens is 348 g/mol. The van der Waals surface area contributed by atoms with Crippen LogP contribution >= 0.6 is 11.3 Å². The second kappa shape index (κ2) is 7.94. The molecule has 0 atom stereocenters. The van der Waals surface area contributed by atoms with Crippen LogP contribution in [0.5, 0.6) is 0 Å². The minimum absolute atomic E-state index is 0.652. The molecule has 1 saturated heterocycles. The van der Waals surface area contributed by atoms with Gasteiger partial charge < -0.3 is 14.6 Å². The van der Waals surface area contributed by atoms with Gasteiger partial charge >= 0.3 is 0 Å². The predicted octanol–water partition coefficient (Wildman–Crippen LogP) is 2.35. The van der Waals surface area contributed by atoms with E-state index in [0.717, 1.165) is 61.4 Å². The maximum Gasteiger partial charge on any atom is 0.223 e. The fourth-order valence-electron chi connectivity index (χ4n) is 3.01. The standard InChI is InChI=1S/C18H22N6OS/c1-23-6-4-19-17(23)14-13-21-18(22-16(14)15-3-2-12-26-15)20-5-7-24-8-10-25-11-9-24/h2-4,6,12-13H,5,7-11H2,1H3,(H,20,21,22). The highest BCUT2D eigenvalue weighted by Crippen LogP contribution is 2.32. The second-order valence-corrected chi connectivity index (χ2v) is 7.12. The minimum Gasteiger partial charge on any atom is -0.379 e. The Bertz CT molecular complexity index is 841. The van der Waals surface area contributed by atoms with Gasteiger partial charge in [-0.15, -0.1) is 11.3 Å². The van der Waals surface area contributed by atoms with Gasteiger partial charge in [0.05, 0.1) is 29.3 Å². The molecule has 1 aliphatic rings. The quantitative estimate of drug-likeness (QED) is 0.718. The fourth-order valence-corrected chi connectivity index (χ4v) is 3.74. The molecule has 4 heterocycles. The zero-order valence-electron chi connectivity index (χ0n) is 14.8. The summed E-state index contributed by atoms with van der Waals surface area (Å²) in [6, 6.07) is 4.12. The van der Waals surface area contributed by atoms with E-state index in [1.54, 1.807) is 17.5 Å². The van der Waals surface area contributed by atoms with Crippen LogP contribution in [0.3, 0.4) is 0 Å². The van der Waals surface area contributed by atoms with Crippen LogP contribution in [0.15, 0.2) is 36.1 Å². The normalized spacial score (nSPS) is 15.3. The fraction of sp³-hybridized carbons (Fsp3) is 0.389. The van der Waals surface area contributed by atoms with E-state index in [1.165, 1.54) is 0 Å². The van der Waals surface area contributed by atoms with Crippen molar-refractivity contribution in [3.8, 4) is 22.0 Å². The number of ether oxygens (including phenoxy) is 1. The highest BCUT2D eigenvalue weighted by molar-refractivity contribution is 7.13. The number of aromatic nitrogens is 4. The third-order valence-corrected chi connectivity index (χ3v) is 5.30. The first kappa shape index (κ1) is 17.1. The third-order valence-electron chi connectivity index (χ3n) is 4.42. The number of hydrogen-bond donors (Lipinski definition) is 1. The summed E-state index contributed by atoms with van der Waals surface area (Å²) in [5.74, 6) is 1.52. The Morgan fingerprint density at radius 2 is 2.15 bits per heavy atom. The Kier molecular flexibility index (Phi) is 5.24. The van der Waals surface area contributed by atoms with Crippen LogP contribution in [-0.2, 0) is 11.8 Å². The monoisotopic (exact) mass is 370 g/mol. The van der Waals surface area contributed by atoms with Crippen LogP contribution < -0.4 is 5.32 Å². The van der Waals surface area contributed by atoms with E-state index < -0.39 is 0 Å². The van der Waals surface area contributed by atoms with Crippen molar-refractivity contribution in [1.29, 1.82) is 0 Å². The highest BCUT2D eigenvalue weighted by Gasteiger charge is 2.16. The summed E-state index contributed by atoms with van der Waals surface area (Å²) in [5.41, 5.74) is 1.86. The van der Waals surface area contributed by atoms with Crippen LogP contribution in [0.2, 0.25) is 0 Å². The third kappa shape index (κ3) is 3.77. The van der Waals surface area contributed by atoms with E-state index in [4.69, 9.17) is 9.72 Å². The molecule has 3 aromatic rings. The summed E-state index contributed by atoms with van der Waals surface area (Å²) in [6.07, 6.45) is 5.59. The molecule has 1 fully saturated rings. The molecule has 4 rings (SSSR count). The molecule has 1 N–H and O–H groups in total. The van der Waals surface area contributed by atoms with Crippen molar-refractivity contribution in [3.05, 3.63) is 36.1 Å². The smallest absolute Gasteiger partial charge is 0.223 e. The van der Waals surface area contributed by atoms with E-state index in [1.807, 2.05) is 30.1 Å². The minimum atomic E-state index is 0.652. The first-order valence-electron chi connectivity index (χ1n) is 8.74. The number of anilines is 1. The molecule has 0 saturated carbocycles. The lowest BCUT2D eigenvalue weighted by Crippen LogP contribution is -2.39. The summed E-state index contributed by atoms with van der Waals surface area (Å²) < 4.78 is 7.37. The van der Waals surface area contributed by atoms with Gasteiger partial charge in [0.2, 0.25) is 5.95 Å². The molecule has 0 unspecified atom stereocenters. The second-order valence-electron chi connectivity index (χ2n) is 6.18. The van der Waals surface area contributed by atoms with E-state index in [-0.39, 0.29) is 0 Å². The Hall–Kier alpha value is -2.29. The predicted molar refractivity (Wildman–Crippen MR) is 103 cm³/mol. The first-order chi connectivity index (χ1) is 12.8. The van der Waals surface area contributed by atoms with Crippen molar-refractivity contribution >= 4 is 17.3 Å². The van der Waals surface area contributed by atoms with Crippen molar-refractivity contribution in [3.63, 3.8) is 0 Å². The summed E-state index contributed by atoms with van der Waals surface area (Å²) in [6.45, 7) is 5.38. The number of rotatable bonds is 6. The summed E-state index contributed by atoms with van der Waals surface area (Å²) in [4.78, 5) is 17.3. The van der Waals surface area contributed by atoms with Gasteiger partial charge in [-0.1, -0.05) is 6.07 Å². The van der Waals surface area contributed by atoms with Gasteiger partial charge in [-0.05, 0) is 11.4 Å². The van der Waals surface area contributed by atoms with Gasteiger partial charge in [-0.3, -0.25) is 4.90 Å². The van der Waals surface area contributed by atoms with E-state index in [2.05, 4.69) is 31.6 Å². The van der Waals surface area contributed by atoms with Crippen molar-refractivity contribution in [2.45, 2.75) is 0 Å². The molecule has 0 aliphatic carbocycles. The van der Waals surface area contributed by atoms with Crippen LogP contribution in [0.4, 0.5) is 5.95 Å². The number of imidazole rings is 1. The van der Waals surface area contributed by atoms with Crippen molar-refractivity contribution in [2.24, 2.45) is 7.05 Å². The Labute approximate surface area is 156 Å². The van der Waals surface area contributed by atoms with Gasteiger partial charge in [0.1, 0.15) is 5.82 Å². The van der Waals surface area contributed by atoms with Crippen LogP contribution in [0.25, 0.3) is 22.0 Å². The number of aryl methyl sites for hydroxylation is 1. The number of morpholine rings is 1. The molecule has 3 aromatic heterocycles. The van der Waals surface area contributed by atoms with E-state index >= 15 is 0 Å². The Balaban J connectivity index is 1.53. The lowest BCUT2D eigenvalue weighted by Gasteiger charge is -2.26. The van der Waals surface area contributed by atoms with Crippen molar-refractivity contribution in [2.75, 3.05) is 44.7 Å². The largest absolute Gasteiger partial charge is 0.379 e. The molecule has 26 heavy (non-hydrogen) atoms. The average Bonchev–Trinajstić information content (AvgIpc) is 3.34. The van der Waals surface area contributed by atoms with Crippen LogP contribution in [-0.4, -0.2) is 63.8 Å². The summed E-state index contributed by atoms with van der Waals surface area (Å²) >= 11 is 1.67. The zero-order chi connectivity index (χ0) is 17.8. The molecular formula is C18H22N6OS. The van der Waals surface area contributed by atoms with Gasteiger partial charge in [0.25, 0.3) is 0 Å². The van der Waals surface area contributed by atoms with Gasteiger partial charge in [-0.2, -0.15) is 0 Å². The summed E-state index contributed by atoms with van der Waals surface area (Å²) in [5, 5.41) is 5.41. The number of hydrogen-bond acceptors (Lipinski definition) is 7. The lowest BCUT2D eigenvalue weighted by atomic mass is 10.2. The molecule has 0 radical (unpaired) electrons. The first-order valence-corrected chi connectivity index (χ1v) is 9.62. The number of nitrogens with one attached hydrogen (secondary N) is 1. The average molecular weight is 370 g/mol. The van der Waals surface area contributed by atoms with Crippen LogP contribution in [0.1, 0.15) is 0 Å². The molecule has 136 valence electrons. The Morgan fingerprint density at radius 1 is 1.27 bits per heavy atom. The molecule has 1 aliphatic heterocycles. The van der Waals surface area contributed by atoms with Gasteiger partial charge in [0, 0.05) is 51.8 Å². The van der Waals surface area contributed by atoms with E-state index in [9.17, 15) is 0 Å². The van der Waals surface area contributed by atoms with Gasteiger partial charge in [-0.25, -0.2) is 15.0 Å². The number of nitrogens with zero attached hydrogens (tertiary/aromatic N) is 5. The molecule has 7 nitrogen and oxygen atoms in total. The number of thiophene rings is 1. The lowest BCUT2D eigenvalue weighted by molar-refractivity contribution is 0.0398.